The van der Waals surface area contributed by atoms with Crippen molar-refractivity contribution in [3.63, 3.8) is 0 Å². The lowest BCUT2D eigenvalue weighted by Crippen LogP contribution is -2.36. The van der Waals surface area contributed by atoms with Crippen LogP contribution in [0.2, 0.25) is 0 Å². The van der Waals surface area contributed by atoms with E-state index in [0.29, 0.717) is 0 Å². The first-order chi connectivity index (χ1) is 6.83. The summed E-state index contributed by atoms with van der Waals surface area (Å²) in [7, 11) is 1.94. The molecule has 0 aromatic heterocycles. The first-order valence-electron chi connectivity index (χ1n) is 5.02. The van der Waals surface area contributed by atoms with Crippen molar-refractivity contribution in [2.75, 3.05) is 7.05 Å². The Morgan fingerprint density at radius 3 is 2.43 bits per heavy atom. The summed E-state index contributed by atoms with van der Waals surface area (Å²) < 4.78 is 0. The third-order valence-electron chi connectivity index (χ3n) is 3.15. The number of hydrogen-bond donors (Lipinski definition) is 1. The minimum atomic E-state index is 0.171. The standard InChI is InChI=1S/C13H15N/c1-3-12(14-2)13(9-10-13)11-7-5-4-6-8-11/h1,4-8,12,14H,9-10H2,2H3. The van der Waals surface area contributed by atoms with Crippen molar-refractivity contribution < 1.29 is 0 Å². The molecule has 1 heteroatoms. The summed E-state index contributed by atoms with van der Waals surface area (Å²) in [6, 6.07) is 10.7. The van der Waals surface area contributed by atoms with Gasteiger partial charge >= 0.3 is 0 Å². The molecule has 0 radical (unpaired) electrons. The summed E-state index contributed by atoms with van der Waals surface area (Å²) in [4.78, 5) is 0. The van der Waals surface area contributed by atoms with Crippen LogP contribution in [0.3, 0.4) is 0 Å². The highest BCUT2D eigenvalue weighted by molar-refractivity contribution is 5.37. The Labute approximate surface area is 85.5 Å². The third kappa shape index (κ3) is 1.32. The number of benzene rings is 1. The molecule has 1 aromatic rings. The van der Waals surface area contributed by atoms with E-state index in [2.05, 4.69) is 35.5 Å². The molecule has 2 rings (SSSR count). The molecule has 0 spiro atoms. The van der Waals surface area contributed by atoms with Gasteiger partial charge in [0.15, 0.2) is 0 Å². The number of hydrogen-bond acceptors (Lipinski definition) is 1. The van der Waals surface area contributed by atoms with Crippen LogP contribution in [0.25, 0.3) is 0 Å². The third-order valence-corrected chi connectivity index (χ3v) is 3.15. The fourth-order valence-corrected chi connectivity index (χ4v) is 2.17. The highest BCUT2D eigenvalue weighted by atomic mass is 14.9. The maximum Gasteiger partial charge on any atom is 0.0782 e. The molecular formula is C13H15N. The zero-order chi connectivity index (χ0) is 10.0. The first kappa shape index (κ1) is 9.30. The molecule has 72 valence electrons. The fourth-order valence-electron chi connectivity index (χ4n) is 2.17. The van der Waals surface area contributed by atoms with Gasteiger partial charge in [-0.05, 0) is 25.5 Å². The Bertz CT molecular complexity index is 343. The molecule has 1 atom stereocenters. The molecule has 0 amide bonds. The van der Waals surface area contributed by atoms with Gasteiger partial charge in [0.05, 0.1) is 6.04 Å². The number of likely N-dealkylation sites (N-methyl/N-ethyl adjacent to an activating group) is 1. The van der Waals surface area contributed by atoms with Gasteiger partial charge in [0.25, 0.3) is 0 Å². The van der Waals surface area contributed by atoms with Crippen LogP contribution in [0.1, 0.15) is 18.4 Å². The van der Waals surface area contributed by atoms with E-state index < -0.39 is 0 Å². The molecule has 1 unspecified atom stereocenters. The van der Waals surface area contributed by atoms with E-state index >= 15 is 0 Å². The summed E-state index contributed by atoms with van der Waals surface area (Å²) in [5.74, 6) is 2.84. The van der Waals surface area contributed by atoms with Crippen LogP contribution in [0.4, 0.5) is 0 Å². The lowest BCUT2D eigenvalue weighted by molar-refractivity contribution is 0.537. The van der Waals surface area contributed by atoms with Crippen LogP contribution in [-0.2, 0) is 5.41 Å². The van der Waals surface area contributed by atoms with Gasteiger partial charge in [-0.25, -0.2) is 0 Å². The zero-order valence-corrected chi connectivity index (χ0v) is 8.46. The van der Waals surface area contributed by atoms with Crippen LogP contribution in [0.5, 0.6) is 0 Å². The summed E-state index contributed by atoms with van der Waals surface area (Å²) in [6.45, 7) is 0. The molecule has 0 aliphatic heterocycles. The van der Waals surface area contributed by atoms with Crippen LogP contribution in [0, 0.1) is 12.3 Å². The average molecular weight is 185 g/mol. The van der Waals surface area contributed by atoms with Gasteiger partial charge in [-0.3, -0.25) is 0 Å². The molecular weight excluding hydrogens is 170 g/mol. The summed E-state index contributed by atoms with van der Waals surface area (Å²) in [5, 5.41) is 3.22. The zero-order valence-electron chi connectivity index (χ0n) is 8.46. The van der Waals surface area contributed by atoms with Gasteiger partial charge in [0, 0.05) is 5.41 Å². The maximum atomic E-state index is 5.53. The van der Waals surface area contributed by atoms with E-state index in [4.69, 9.17) is 6.42 Å². The Balaban J connectivity index is 2.30. The van der Waals surface area contributed by atoms with Crippen molar-refractivity contribution >= 4 is 0 Å². The molecule has 1 fully saturated rings. The lowest BCUT2D eigenvalue weighted by Gasteiger charge is -2.22. The first-order valence-corrected chi connectivity index (χ1v) is 5.02. The minimum absolute atomic E-state index is 0.171. The largest absolute Gasteiger partial charge is 0.306 e. The Morgan fingerprint density at radius 2 is 2.00 bits per heavy atom. The molecule has 1 aliphatic rings. The van der Waals surface area contributed by atoms with E-state index in [-0.39, 0.29) is 11.5 Å². The van der Waals surface area contributed by atoms with E-state index in [1.54, 1.807) is 0 Å². The quantitative estimate of drug-likeness (QED) is 0.710. The Kier molecular flexibility index (Phi) is 2.31. The molecule has 1 saturated carbocycles. The predicted octanol–water partition coefficient (Wildman–Crippen LogP) is 1.94. The second-order valence-corrected chi connectivity index (χ2v) is 3.91. The van der Waals surface area contributed by atoms with Crippen LogP contribution >= 0.6 is 0 Å². The van der Waals surface area contributed by atoms with Gasteiger partial charge < -0.3 is 5.32 Å². The van der Waals surface area contributed by atoms with E-state index in [1.165, 1.54) is 18.4 Å². The van der Waals surface area contributed by atoms with Gasteiger partial charge in [0.1, 0.15) is 0 Å². The van der Waals surface area contributed by atoms with Crippen molar-refractivity contribution in [1.82, 2.24) is 5.32 Å². The molecule has 1 nitrogen and oxygen atoms in total. The smallest absolute Gasteiger partial charge is 0.0782 e. The summed E-state index contributed by atoms with van der Waals surface area (Å²) >= 11 is 0. The molecule has 0 bridgehead atoms. The Morgan fingerprint density at radius 1 is 1.36 bits per heavy atom. The molecule has 1 aliphatic carbocycles. The van der Waals surface area contributed by atoms with Crippen LogP contribution in [-0.4, -0.2) is 13.1 Å². The van der Waals surface area contributed by atoms with Crippen molar-refractivity contribution in [1.29, 1.82) is 0 Å². The predicted molar refractivity (Wildman–Crippen MR) is 59.0 cm³/mol. The van der Waals surface area contributed by atoms with Gasteiger partial charge in [-0.1, -0.05) is 36.3 Å². The van der Waals surface area contributed by atoms with Gasteiger partial charge in [0.2, 0.25) is 0 Å². The monoisotopic (exact) mass is 185 g/mol. The molecule has 1 N–H and O–H groups in total. The molecule has 14 heavy (non-hydrogen) atoms. The molecule has 1 aromatic carbocycles. The van der Waals surface area contributed by atoms with Crippen molar-refractivity contribution in [2.24, 2.45) is 0 Å². The SMILES string of the molecule is C#CC(NC)C1(c2ccccc2)CC1. The number of rotatable bonds is 3. The van der Waals surface area contributed by atoms with Gasteiger partial charge in [-0.15, -0.1) is 6.42 Å². The normalized spacial score (nSPS) is 19.7. The second kappa shape index (κ2) is 3.48. The van der Waals surface area contributed by atoms with Crippen molar-refractivity contribution in [2.45, 2.75) is 24.3 Å². The lowest BCUT2D eigenvalue weighted by atomic mass is 9.88. The van der Waals surface area contributed by atoms with E-state index in [0.717, 1.165) is 0 Å². The number of nitrogens with one attached hydrogen (secondary N) is 1. The van der Waals surface area contributed by atoms with Crippen LogP contribution in [0.15, 0.2) is 30.3 Å². The van der Waals surface area contributed by atoms with Gasteiger partial charge in [-0.2, -0.15) is 0 Å². The summed E-state index contributed by atoms with van der Waals surface area (Å²) in [5.41, 5.74) is 1.59. The average Bonchev–Trinajstić information content (AvgIpc) is 3.03. The minimum Gasteiger partial charge on any atom is -0.306 e. The number of terminal acetylenes is 1. The van der Waals surface area contributed by atoms with Crippen molar-refractivity contribution in [3.05, 3.63) is 35.9 Å². The highest BCUT2D eigenvalue weighted by Crippen LogP contribution is 2.50. The highest BCUT2D eigenvalue weighted by Gasteiger charge is 2.49. The van der Waals surface area contributed by atoms with Crippen LogP contribution < -0.4 is 5.32 Å². The van der Waals surface area contributed by atoms with E-state index in [1.807, 2.05) is 13.1 Å². The summed E-state index contributed by atoms with van der Waals surface area (Å²) in [6.07, 6.45) is 7.94. The Hall–Kier alpha value is -1.26. The van der Waals surface area contributed by atoms with E-state index in [9.17, 15) is 0 Å². The van der Waals surface area contributed by atoms with Crippen molar-refractivity contribution in [3.8, 4) is 12.3 Å². The fraction of sp³-hybridized carbons (Fsp3) is 0.385. The topological polar surface area (TPSA) is 12.0 Å². The molecule has 0 saturated heterocycles. The maximum absolute atomic E-state index is 5.53. The molecule has 0 heterocycles. The second-order valence-electron chi connectivity index (χ2n) is 3.91.